The zero-order valence-corrected chi connectivity index (χ0v) is 13.4. The van der Waals surface area contributed by atoms with E-state index in [2.05, 4.69) is 34.4 Å². The second-order valence-electron chi connectivity index (χ2n) is 5.90. The van der Waals surface area contributed by atoms with Gasteiger partial charge in [0.1, 0.15) is 0 Å². The lowest BCUT2D eigenvalue weighted by molar-refractivity contribution is 0.0663. The number of rotatable bonds is 4. The number of piperazine rings is 1. The van der Waals surface area contributed by atoms with E-state index in [9.17, 15) is 4.79 Å². The summed E-state index contributed by atoms with van der Waals surface area (Å²) in [6, 6.07) is 12.1. The summed E-state index contributed by atoms with van der Waals surface area (Å²) in [5, 5.41) is 3.32. The molecular formula is C18H22N4O. The van der Waals surface area contributed by atoms with E-state index in [-0.39, 0.29) is 5.91 Å². The minimum Gasteiger partial charge on any atom is -0.380 e. The van der Waals surface area contributed by atoms with Crippen LogP contribution in [-0.4, -0.2) is 53.9 Å². The number of hydrogen-bond acceptors (Lipinski definition) is 4. The van der Waals surface area contributed by atoms with Gasteiger partial charge in [0, 0.05) is 45.1 Å². The third kappa shape index (κ3) is 4.07. The molecule has 2 heterocycles. The van der Waals surface area contributed by atoms with Gasteiger partial charge < -0.3 is 15.1 Å². The third-order valence-corrected chi connectivity index (χ3v) is 4.12. The minimum absolute atomic E-state index is 0.0639. The van der Waals surface area contributed by atoms with E-state index in [4.69, 9.17) is 0 Å². The molecular weight excluding hydrogens is 288 g/mol. The quantitative estimate of drug-likeness (QED) is 0.939. The molecule has 3 rings (SSSR count). The van der Waals surface area contributed by atoms with Gasteiger partial charge in [0.25, 0.3) is 5.91 Å². The lowest BCUT2D eigenvalue weighted by atomic mass is 10.2. The number of benzene rings is 1. The smallest absolute Gasteiger partial charge is 0.255 e. The van der Waals surface area contributed by atoms with Crippen molar-refractivity contribution in [3.05, 3.63) is 59.9 Å². The van der Waals surface area contributed by atoms with Crippen LogP contribution in [0.5, 0.6) is 0 Å². The van der Waals surface area contributed by atoms with Crippen LogP contribution in [0.4, 0.5) is 5.69 Å². The summed E-state index contributed by atoms with van der Waals surface area (Å²) in [6.45, 7) is 4.11. The van der Waals surface area contributed by atoms with Crippen molar-refractivity contribution in [3.63, 3.8) is 0 Å². The van der Waals surface area contributed by atoms with Crippen molar-refractivity contribution in [2.45, 2.75) is 6.54 Å². The summed E-state index contributed by atoms with van der Waals surface area (Å²) in [6.07, 6.45) is 3.40. The van der Waals surface area contributed by atoms with Crippen LogP contribution in [0.25, 0.3) is 0 Å². The van der Waals surface area contributed by atoms with E-state index in [0.29, 0.717) is 12.1 Å². The van der Waals surface area contributed by atoms with Crippen LogP contribution in [0, 0.1) is 0 Å². The standard InChI is InChI=1S/C18H22N4O/c1-21-7-9-22(10-8-21)18(23)16-11-17(14-19-13-16)20-12-15-5-3-2-4-6-15/h2-6,11,13-14,20H,7-10,12H2,1H3. The molecule has 23 heavy (non-hydrogen) atoms. The Morgan fingerprint density at radius 3 is 2.61 bits per heavy atom. The van der Waals surface area contributed by atoms with Crippen LogP contribution in [0.3, 0.4) is 0 Å². The lowest BCUT2D eigenvalue weighted by Crippen LogP contribution is -2.47. The second-order valence-corrected chi connectivity index (χ2v) is 5.90. The van der Waals surface area contributed by atoms with Gasteiger partial charge in [-0.15, -0.1) is 0 Å². The van der Waals surface area contributed by atoms with Crippen molar-refractivity contribution in [2.75, 3.05) is 38.5 Å². The number of pyridine rings is 1. The molecule has 1 aliphatic heterocycles. The fourth-order valence-corrected chi connectivity index (χ4v) is 2.65. The molecule has 0 radical (unpaired) electrons. The van der Waals surface area contributed by atoms with Crippen molar-refractivity contribution >= 4 is 11.6 Å². The monoisotopic (exact) mass is 310 g/mol. The summed E-state index contributed by atoms with van der Waals surface area (Å²) in [5.74, 6) is 0.0639. The molecule has 1 aliphatic rings. The zero-order chi connectivity index (χ0) is 16.1. The van der Waals surface area contributed by atoms with Gasteiger partial charge in [-0.25, -0.2) is 0 Å². The van der Waals surface area contributed by atoms with Crippen LogP contribution < -0.4 is 5.32 Å². The Balaban J connectivity index is 1.64. The fraction of sp³-hybridized carbons (Fsp3) is 0.333. The highest BCUT2D eigenvalue weighted by molar-refractivity contribution is 5.94. The molecule has 1 fully saturated rings. The Kier molecular flexibility index (Phi) is 4.88. The van der Waals surface area contributed by atoms with Crippen LogP contribution in [-0.2, 0) is 6.54 Å². The maximum absolute atomic E-state index is 12.6. The molecule has 5 heteroatoms. The van der Waals surface area contributed by atoms with Gasteiger partial charge in [-0.1, -0.05) is 30.3 Å². The van der Waals surface area contributed by atoms with E-state index in [1.54, 1.807) is 12.4 Å². The van der Waals surface area contributed by atoms with Crippen molar-refractivity contribution in [1.29, 1.82) is 0 Å². The van der Waals surface area contributed by atoms with Gasteiger partial charge >= 0.3 is 0 Å². The van der Waals surface area contributed by atoms with Crippen molar-refractivity contribution in [2.24, 2.45) is 0 Å². The number of carbonyl (C=O) groups is 1. The van der Waals surface area contributed by atoms with Gasteiger partial charge in [-0.05, 0) is 18.7 Å². The minimum atomic E-state index is 0.0639. The van der Waals surface area contributed by atoms with Crippen LogP contribution in [0.15, 0.2) is 48.8 Å². The molecule has 1 aromatic carbocycles. The van der Waals surface area contributed by atoms with Gasteiger partial charge in [0.05, 0.1) is 11.3 Å². The molecule has 0 spiro atoms. The maximum Gasteiger partial charge on any atom is 0.255 e. The maximum atomic E-state index is 12.6. The normalized spacial score (nSPS) is 15.4. The van der Waals surface area contributed by atoms with Crippen LogP contribution in [0.2, 0.25) is 0 Å². The van der Waals surface area contributed by atoms with Gasteiger partial charge in [-0.2, -0.15) is 0 Å². The van der Waals surface area contributed by atoms with E-state index in [0.717, 1.165) is 31.9 Å². The first-order valence-electron chi connectivity index (χ1n) is 7.93. The highest BCUT2D eigenvalue weighted by atomic mass is 16.2. The molecule has 5 nitrogen and oxygen atoms in total. The Bertz CT molecular complexity index is 651. The summed E-state index contributed by atoms with van der Waals surface area (Å²) in [7, 11) is 2.08. The number of hydrogen-bond donors (Lipinski definition) is 1. The summed E-state index contributed by atoms with van der Waals surface area (Å²) >= 11 is 0. The summed E-state index contributed by atoms with van der Waals surface area (Å²) in [4.78, 5) is 20.9. The Morgan fingerprint density at radius 2 is 1.87 bits per heavy atom. The highest BCUT2D eigenvalue weighted by Gasteiger charge is 2.20. The van der Waals surface area contributed by atoms with Crippen molar-refractivity contribution < 1.29 is 4.79 Å². The molecule has 0 atom stereocenters. The lowest BCUT2D eigenvalue weighted by Gasteiger charge is -2.32. The van der Waals surface area contributed by atoms with Crippen LogP contribution >= 0.6 is 0 Å². The third-order valence-electron chi connectivity index (χ3n) is 4.12. The summed E-state index contributed by atoms with van der Waals surface area (Å²) in [5.41, 5.74) is 2.71. The fourth-order valence-electron chi connectivity index (χ4n) is 2.65. The highest BCUT2D eigenvalue weighted by Crippen LogP contribution is 2.13. The molecule has 0 aliphatic carbocycles. The Hall–Kier alpha value is -2.40. The van der Waals surface area contributed by atoms with E-state index in [1.165, 1.54) is 5.56 Å². The van der Waals surface area contributed by atoms with E-state index >= 15 is 0 Å². The van der Waals surface area contributed by atoms with E-state index < -0.39 is 0 Å². The van der Waals surface area contributed by atoms with Crippen molar-refractivity contribution in [3.8, 4) is 0 Å². The van der Waals surface area contributed by atoms with Gasteiger partial charge in [0.2, 0.25) is 0 Å². The first-order valence-corrected chi connectivity index (χ1v) is 7.93. The number of carbonyl (C=O) groups excluding carboxylic acids is 1. The summed E-state index contributed by atoms with van der Waals surface area (Å²) < 4.78 is 0. The number of likely N-dealkylation sites (N-methyl/N-ethyl adjacent to an activating group) is 1. The average Bonchev–Trinajstić information content (AvgIpc) is 2.61. The topological polar surface area (TPSA) is 48.5 Å². The van der Waals surface area contributed by atoms with Crippen LogP contribution in [0.1, 0.15) is 15.9 Å². The van der Waals surface area contributed by atoms with Gasteiger partial charge in [0.15, 0.2) is 0 Å². The number of nitrogens with zero attached hydrogens (tertiary/aromatic N) is 3. The Morgan fingerprint density at radius 1 is 1.13 bits per heavy atom. The molecule has 0 bridgehead atoms. The molecule has 2 aromatic rings. The molecule has 120 valence electrons. The first kappa shape index (κ1) is 15.5. The number of nitrogens with one attached hydrogen (secondary N) is 1. The van der Waals surface area contributed by atoms with E-state index in [1.807, 2.05) is 29.2 Å². The van der Waals surface area contributed by atoms with Gasteiger partial charge in [-0.3, -0.25) is 9.78 Å². The SMILES string of the molecule is CN1CCN(C(=O)c2cncc(NCc3ccccc3)c2)CC1. The predicted molar refractivity (Wildman–Crippen MR) is 91.4 cm³/mol. The predicted octanol–water partition coefficient (Wildman–Crippen LogP) is 2.08. The molecule has 1 aromatic heterocycles. The average molecular weight is 310 g/mol. The number of amides is 1. The molecule has 0 unspecified atom stereocenters. The second kappa shape index (κ2) is 7.24. The number of aromatic nitrogens is 1. The number of anilines is 1. The molecule has 1 amide bonds. The molecule has 1 saturated heterocycles. The molecule has 0 saturated carbocycles. The largest absolute Gasteiger partial charge is 0.380 e. The molecule has 1 N–H and O–H groups in total. The first-order chi connectivity index (χ1) is 11.2. The Labute approximate surface area is 136 Å². The zero-order valence-electron chi connectivity index (χ0n) is 13.4. The van der Waals surface area contributed by atoms with Crippen molar-refractivity contribution in [1.82, 2.24) is 14.8 Å².